The SMILES string of the molecule is COc1ccc([C@](C)(O)C2CCCC2)cc1. The van der Waals surface area contributed by atoms with Crippen molar-refractivity contribution in [1.29, 1.82) is 0 Å². The van der Waals surface area contributed by atoms with Gasteiger partial charge in [0.25, 0.3) is 0 Å². The lowest BCUT2D eigenvalue weighted by Gasteiger charge is -2.30. The molecule has 0 bridgehead atoms. The number of aliphatic hydroxyl groups is 1. The van der Waals surface area contributed by atoms with Gasteiger partial charge in [0.05, 0.1) is 12.7 Å². The van der Waals surface area contributed by atoms with Crippen LogP contribution in [0.3, 0.4) is 0 Å². The summed E-state index contributed by atoms with van der Waals surface area (Å²) >= 11 is 0. The number of hydrogen-bond acceptors (Lipinski definition) is 2. The van der Waals surface area contributed by atoms with Gasteiger partial charge in [0.15, 0.2) is 0 Å². The van der Waals surface area contributed by atoms with Crippen LogP contribution in [0.25, 0.3) is 0 Å². The van der Waals surface area contributed by atoms with Crippen molar-refractivity contribution in [3.05, 3.63) is 29.8 Å². The zero-order valence-corrected chi connectivity index (χ0v) is 10.1. The summed E-state index contributed by atoms with van der Waals surface area (Å²) in [5, 5.41) is 10.6. The van der Waals surface area contributed by atoms with Crippen LogP contribution in [0, 0.1) is 5.92 Å². The predicted octanol–water partition coefficient (Wildman–Crippen LogP) is 3.09. The maximum absolute atomic E-state index is 10.6. The monoisotopic (exact) mass is 220 g/mol. The molecule has 1 aliphatic carbocycles. The molecule has 1 aromatic rings. The smallest absolute Gasteiger partial charge is 0.118 e. The van der Waals surface area contributed by atoms with Gasteiger partial charge in [-0.05, 0) is 43.4 Å². The molecule has 0 spiro atoms. The largest absolute Gasteiger partial charge is 0.497 e. The number of methoxy groups -OCH3 is 1. The van der Waals surface area contributed by atoms with Crippen LogP contribution in [0.4, 0.5) is 0 Å². The van der Waals surface area contributed by atoms with E-state index in [1.807, 2.05) is 31.2 Å². The third-order valence-electron chi connectivity index (χ3n) is 3.82. The topological polar surface area (TPSA) is 29.5 Å². The van der Waals surface area contributed by atoms with Crippen LogP contribution in [-0.2, 0) is 5.60 Å². The molecule has 1 saturated carbocycles. The first-order valence-electron chi connectivity index (χ1n) is 6.01. The van der Waals surface area contributed by atoms with Gasteiger partial charge in [0.1, 0.15) is 5.75 Å². The summed E-state index contributed by atoms with van der Waals surface area (Å²) in [6.45, 7) is 1.94. The summed E-state index contributed by atoms with van der Waals surface area (Å²) in [6.07, 6.45) is 4.77. The number of ether oxygens (including phenoxy) is 1. The highest BCUT2D eigenvalue weighted by atomic mass is 16.5. The van der Waals surface area contributed by atoms with E-state index < -0.39 is 5.60 Å². The van der Waals surface area contributed by atoms with E-state index in [9.17, 15) is 5.11 Å². The Kier molecular flexibility index (Phi) is 3.20. The van der Waals surface area contributed by atoms with Crippen molar-refractivity contribution < 1.29 is 9.84 Å². The fraction of sp³-hybridized carbons (Fsp3) is 0.571. The van der Waals surface area contributed by atoms with Crippen LogP contribution in [0.2, 0.25) is 0 Å². The van der Waals surface area contributed by atoms with Crippen molar-refractivity contribution in [2.24, 2.45) is 5.92 Å². The fourth-order valence-corrected chi connectivity index (χ4v) is 2.65. The van der Waals surface area contributed by atoms with Crippen molar-refractivity contribution in [3.63, 3.8) is 0 Å². The Labute approximate surface area is 97.3 Å². The van der Waals surface area contributed by atoms with Gasteiger partial charge < -0.3 is 9.84 Å². The highest BCUT2D eigenvalue weighted by molar-refractivity contribution is 5.31. The molecule has 0 amide bonds. The molecule has 0 aromatic heterocycles. The molecular formula is C14H20O2. The summed E-state index contributed by atoms with van der Waals surface area (Å²) in [4.78, 5) is 0. The van der Waals surface area contributed by atoms with E-state index in [0.717, 1.165) is 24.2 Å². The van der Waals surface area contributed by atoms with Gasteiger partial charge in [-0.25, -0.2) is 0 Å². The Hall–Kier alpha value is -1.02. The van der Waals surface area contributed by atoms with Crippen LogP contribution in [-0.4, -0.2) is 12.2 Å². The summed E-state index contributed by atoms with van der Waals surface area (Å²) in [7, 11) is 1.66. The van der Waals surface area contributed by atoms with Crippen LogP contribution in [0.5, 0.6) is 5.75 Å². The maximum Gasteiger partial charge on any atom is 0.118 e. The lowest BCUT2D eigenvalue weighted by atomic mass is 9.82. The normalized spacial score (nSPS) is 20.7. The Bertz CT molecular complexity index is 334. The number of benzene rings is 1. The highest BCUT2D eigenvalue weighted by Gasteiger charge is 2.35. The molecule has 2 rings (SSSR count). The quantitative estimate of drug-likeness (QED) is 0.848. The molecule has 88 valence electrons. The predicted molar refractivity (Wildman–Crippen MR) is 64.5 cm³/mol. The van der Waals surface area contributed by atoms with Gasteiger partial charge >= 0.3 is 0 Å². The van der Waals surface area contributed by atoms with Crippen molar-refractivity contribution in [1.82, 2.24) is 0 Å². The molecule has 0 saturated heterocycles. The summed E-state index contributed by atoms with van der Waals surface area (Å²) in [6, 6.07) is 7.77. The standard InChI is InChI=1S/C14H20O2/c1-14(15,11-5-3-4-6-11)12-7-9-13(16-2)10-8-12/h7-11,15H,3-6H2,1-2H3/t14-/m1/s1. The molecule has 2 heteroatoms. The minimum atomic E-state index is -0.692. The Balaban J connectivity index is 2.20. The van der Waals surface area contributed by atoms with E-state index in [0.29, 0.717) is 5.92 Å². The summed E-state index contributed by atoms with van der Waals surface area (Å²) < 4.78 is 5.13. The second kappa shape index (κ2) is 4.46. The molecule has 0 aliphatic heterocycles. The number of rotatable bonds is 3. The Morgan fingerprint density at radius 3 is 2.25 bits per heavy atom. The average molecular weight is 220 g/mol. The zero-order valence-electron chi connectivity index (χ0n) is 10.1. The molecule has 1 N–H and O–H groups in total. The molecule has 0 unspecified atom stereocenters. The van der Waals surface area contributed by atoms with E-state index in [1.165, 1.54) is 12.8 Å². The van der Waals surface area contributed by atoms with Crippen LogP contribution >= 0.6 is 0 Å². The molecule has 16 heavy (non-hydrogen) atoms. The second-order valence-corrected chi connectivity index (χ2v) is 4.86. The molecular weight excluding hydrogens is 200 g/mol. The van der Waals surface area contributed by atoms with E-state index in [2.05, 4.69) is 0 Å². The lowest BCUT2D eigenvalue weighted by Crippen LogP contribution is -2.29. The second-order valence-electron chi connectivity index (χ2n) is 4.86. The van der Waals surface area contributed by atoms with Crippen molar-refractivity contribution in [3.8, 4) is 5.75 Å². The summed E-state index contributed by atoms with van der Waals surface area (Å²) in [5.41, 5.74) is 0.308. The third-order valence-corrected chi connectivity index (χ3v) is 3.82. The first-order valence-corrected chi connectivity index (χ1v) is 6.01. The molecule has 1 aliphatic rings. The molecule has 1 fully saturated rings. The molecule has 2 nitrogen and oxygen atoms in total. The highest BCUT2D eigenvalue weighted by Crippen LogP contribution is 2.40. The molecule has 0 radical (unpaired) electrons. The minimum Gasteiger partial charge on any atom is -0.497 e. The van der Waals surface area contributed by atoms with Crippen LogP contribution < -0.4 is 4.74 Å². The van der Waals surface area contributed by atoms with Gasteiger partial charge in [-0.3, -0.25) is 0 Å². The maximum atomic E-state index is 10.6. The van der Waals surface area contributed by atoms with Gasteiger partial charge in [-0.15, -0.1) is 0 Å². The van der Waals surface area contributed by atoms with E-state index in [4.69, 9.17) is 4.74 Å². The lowest BCUT2D eigenvalue weighted by molar-refractivity contribution is -0.00335. The van der Waals surface area contributed by atoms with Gasteiger partial charge in [-0.2, -0.15) is 0 Å². The van der Waals surface area contributed by atoms with Crippen molar-refractivity contribution in [2.75, 3.05) is 7.11 Å². The molecule has 1 atom stereocenters. The first kappa shape index (κ1) is 11.5. The molecule has 0 heterocycles. The van der Waals surface area contributed by atoms with Crippen LogP contribution in [0.1, 0.15) is 38.2 Å². The Morgan fingerprint density at radius 2 is 1.75 bits per heavy atom. The number of hydrogen-bond donors (Lipinski definition) is 1. The van der Waals surface area contributed by atoms with Gasteiger partial charge in [-0.1, -0.05) is 25.0 Å². The fourth-order valence-electron chi connectivity index (χ4n) is 2.65. The van der Waals surface area contributed by atoms with Gasteiger partial charge in [0, 0.05) is 0 Å². The van der Waals surface area contributed by atoms with E-state index in [1.54, 1.807) is 7.11 Å². The average Bonchev–Trinajstić information content (AvgIpc) is 2.83. The van der Waals surface area contributed by atoms with Crippen molar-refractivity contribution in [2.45, 2.75) is 38.2 Å². The molecule has 1 aromatic carbocycles. The Morgan fingerprint density at radius 1 is 1.19 bits per heavy atom. The first-order chi connectivity index (χ1) is 7.64. The van der Waals surface area contributed by atoms with Crippen molar-refractivity contribution >= 4 is 0 Å². The minimum absolute atomic E-state index is 0.404. The van der Waals surface area contributed by atoms with Crippen LogP contribution in [0.15, 0.2) is 24.3 Å². The van der Waals surface area contributed by atoms with Gasteiger partial charge in [0.2, 0.25) is 0 Å². The van der Waals surface area contributed by atoms with E-state index >= 15 is 0 Å². The zero-order chi connectivity index (χ0) is 11.6. The summed E-state index contributed by atoms with van der Waals surface area (Å²) in [5.74, 6) is 1.24. The van der Waals surface area contributed by atoms with E-state index in [-0.39, 0.29) is 0 Å². The third kappa shape index (κ3) is 2.07.